The number of allylic oxidation sites excluding steroid dienone is 1. The van der Waals surface area contributed by atoms with Gasteiger partial charge in [-0.3, -0.25) is 9.59 Å². The van der Waals surface area contributed by atoms with Crippen LogP contribution in [0, 0.1) is 5.41 Å². The van der Waals surface area contributed by atoms with Gasteiger partial charge in [0, 0.05) is 0 Å². The van der Waals surface area contributed by atoms with Gasteiger partial charge in [-0.15, -0.1) is 0 Å². The molecule has 0 radical (unpaired) electrons. The molecule has 3 N–H and O–H groups in total. The van der Waals surface area contributed by atoms with Crippen LogP contribution in [-0.4, -0.2) is 33.2 Å². The lowest BCUT2D eigenvalue weighted by Gasteiger charge is -2.30. The minimum atomic E-state index is -2.30. The number of carboxylic acids is 3. The molecule has 6 nitrogen and oxygen atoms in total. The van der Waals surface area contributed by atoms with E-state index in [1.165, 1.54) is 6.92 Å². The molecule has 88 valence electrons. The monoisotopic (exact) mass is 228 g/mol. The molecule has 0 aliphatic heterocycles. The Kier molecular flexibility index (Phi) is 3.02. The molecular formula is C10H12O6. The van der Waals surface area contributed by atoms with E-state index in [2.05, 4.69) is 0 Å². The van der Waals surface area contributed by atoms with Crippen LogP contribution < -0.4 is 0 Å². The molecule has 1 aliphatic carbocycles. The highest BCUT2D eigenvalue weighted by Crippen LogP contribution is 2.41. The summed E-state index contributed by atoms with van der Waals surface area (Å²) in [4.78, 5) is 33.2. The summed E-state index contributed by atoms with van der Waals surface area (Å²) in [6.45, 7) is 1.46. The smallest absolute Gasteiger partial charge is 0.333 e. The number of rotatable bonds is 3. The zero-order chi connectivity index (χ0) is 12.5. The Labute approximate surface area is 91.2 Å². The van der Waals surface area contributed by atoms with Gasteiger partial charge in [0.2, 0.25) is 0 Å². The third-order valence-electron chi connectivity index (χ3n) is 2.90. The van der Waals surface area contributed by atoms with Crippen LogP contribution in [0.3, 0.4) is 0 Å². The highest BCUT2D eigenvalue weighted by molar-refractivity contribution is 6.10. The predicted octanol–water partition coefficient (Wildman–Crippen LogP) is 0.727. The number of carboxylic acid groups (broad SMARTS) is 3. The molecule has 0 saturated heterocycles. The summed E-state index contributed by atoms with van der Waals surface area (Å²) in [5.41, 5.74) is -2.48. The minimum absolute atomic E-state index is 0.184. The predicted molar refractivity (Wildman–Crippen MR) is 51.9 cm³/mol. The van der Waals surface area contributed by atoms with Gasteiger partial charge < -0.3 is 15.3 Å². The fourth-order valence-electron chi connectivity index (χ4n) is 2.12. The van der Waals surface area contributed by atoms with Crippen LogP contribution in [-0.2, 0) is 14.4 Å². The summed E-state index contributed by atoms with van der Waals surface area (Å²) in [6, 6.07) is 0. The Morgan fingerprint density at radius 3 is 1.94 bits per heavy atom. The lowest BCUT2D eigenvalue weighted by molar-refractivity contribution is -0.165. The highest BCUT2D eigenvalue weighted by atomic mass is 16.4. The van der Waals surface area contributed by atoms with E-state index >= 15 is 0 Å². The molecule has 0 aromatic carbocycles. The van der Waals surface area contributed by atoms with Gasteiger partial charge >= 0.3 is 17.9 Å². The van der Waals surface area contributed by atoms with Crippen LogP contribution in [0.1, 0.15) is 26.2 Å². The van der Waals surface area contributed by atoms with Gasteiger partial charge in [-0.2, -0.15) is 0 Å². The summed E-state index contributed by atoms with van der Waals surface area (Å²) in [5.74, 6) is -4.70. The molecule has 0 aromatic heterocycles. The second kappa shape index (κ2) is 3.96. The Hall–Kier alpha value is -1.85. The molecule has 0 unspecified atom stereocenters. The molecule has 0 amide bonds. The van der Waals surface area contributed by atoms with Crippen molar-refractivity contribution in [2.45, 2.75) is 26.2 Å². The van der Waals surface area contributed by atoms with Crippen molar-refractivity contribution in [3.63, 3.8) is 0 Å². The topological polar surface area (TPSA) is 112 Å². The SMILES string of the molecule is CC1=C(C(=O)O)C(C(=O)O)(C(=O)O)CCC1. The molecule has 0 atom stereocenters. The van der Waals surface area contributed by atoms with Crippen molar-refractivity contribution < 1.29 is 29.7 Å². The van der Waals surface area contributed by atoms with Crippen molar-refractivity contribution >= 4 is 17.9 Å². The second-order valence-electron chi connectivity index (χ2n) is 3.83. The summed E-state index contributed by atoms with van der Waals surface area (Å²) < 4.78 is 0. The van der Waals surface area contributed by atoms with Gasteiger partial charge in [-0.05, 0) is 26.2 Å². The van der Waals surface area contributed by atoms with Crippen molar-refractivity contribution in [1.29, 1.82) is 0 Å². The van der Waals surface area contributed by atoms with Gasteiger partial charge in [0.05, 0.1) is 5.57 Å². The maximum absolute atomic E-state index is 11.1. The largest absolute Gasteiger partial charge is 0.480 e. The zero-order valence-corrected chi connectivity index (χ0v) is 8.69. The third kappa shape index (κ3) is 1.56. The van der Waals surface area contributed by atoms with Crippen molar-refractivity contribution in [3.8, 4) is 0 Å². The van der Waals surface area contributed by atoms with E-state index in [1.54, 1.807) is 0 Å². The Morgan fingerprint density at radius 2 is 1.62 bits per heavy atom. The lowest BCUT2D eigenvalue weighted by atomic mass is 9.70. The van der Waals surface area contributed by atoms with Crippen LogP contribution in [0.4, 0.5) is 0 Å². The molecule has 0 bridgehead atoms. The molecule has 1 rings (SSSR count). The molecule has 0 saturated carbocycles. The van der Waals surface area contributed by atoms with Crippen molar-refractivity contribution in [3.05, 3.63) is 11.1 Å². The zero-order valence-electron chi connectivity index (χ0n) is 8.69. The standard InChI is InChI=1S/C10H12O6/c1-5-3-2-4-10(8(13)14,9(15)16)6(5)7(11)12/h2-4H2,1H3,(H,11,12)(H,13,14)(H,15,16). The van der Waals surface area contributed by atoms with Crippen LogP contribution in [0.15, 0.2) is 11.1 Å². The Balaban J connectivity index is 3.48. The average Bonchev–Trinajstić information content (AvgIpc) is 2.15. The van der Waals surface area contributed by atoms with Crippen LogP contribution in [0.25, 0.3) is 0 Å². The maximum atomic E-state index is 11.1. The number of carbonyl (C=O) groups is 3. The first-order valence-electron chi connectivity index (χ1n) is 4.74. The minimum Gasteiger partial charge on any atom is -0.480 e. The molecule has 0 aromatic rings. The Morgan fingerprint density at radius 1 is 1.12 bits per heavy atom. The maximum Gasteiger partial charge on any atom is 0.333 e. The summed E-state index contributed by atoms with van der Waals surface area (Å²) in [5, 5.41) is 27.0. The highest BCUT2D eigenvalue weighted by Gasteiger charge is 2.54. The fourth-order valence-corrected chi connectivity index (χ4v) is 2.12. The average molecular weight is 228 g/mol. The van der Waals surface area contributed by atoms with E-state index in [4.69, 9.17) is 15.3 Å². The number of hydrogen-bond acceptors (Lipinski definition) is 3. The lowest BCUT2D eigenvalue weighted by Crippen LogP contribution is -2.45. The first-order chi connectivity index (χ1) is 7.34. The molecule has 16 heavy (non-hydrogen) atoms. The van der Waals surface area contributed by atoms with Gasteiger partial charge in [0.1, 0.15) is 0 Å². The van der Waals surface area contributed by atoms with Crippen LogP contribution in [0.5, 0.6) is 0 Å². The summed E-state index contributed by atoms with van der Waals surface area (Å²) in [7, 11) is 0. The van der Waals surface area contributed by atoms with E-state index in [1.807, 2.05) is 0 Å². The molecule has 1 aliphatic rings. The second-order valence-corrected chi connectivity index (χ2v) is 3.83. The number of aliphatic carboxylic acids is 3. The third-order valence-corrected chi connectivity index (χ3v) is 2.90. The van der Waals surface area contributed by atoms with Gasteiger partial charge in [0.15, 0.2) is 5.41 Å². The molecule has 0 fully saturated rings. The normalized spacial score (nSPS) is 19.3. The molecular weight excluding hydrogens is 216 g/mol. The van der Waals surface area contributed by atoms with E-state index in [-0.39, 0.29) is 6.42 Å². The first-order valence-corrected chi connectivity index (χ1v) is 4.74. The van der Waals surface area contributed by atoms with Crippen molar-refractivity contribution in [1.82, 2.24) is 0 Å². The van der Waals surface area contributed by atoms with E-state index in [9.17, 15) is 14.4 Å². The van der Waals surface area contributed by atoms with Crippen LogP contribution >= 0.6 is 0 Å². The van der Waals surface area contributed by atoms with Gasteiger partial charge in [-0.25, -0.2) is 4.79 Å². The van der Waals surface area contributed by atoms with E-state index < -0.39 is 28.9 Å². The molecule has 0 heterocycles. The van der Waals surface area contributed by atoms with Crippen molar-refractivity contribution in [2.24, 2.45) is 5.41 Å². The summed E-state index contributed by atoms with van der Waals surface area (Å²) in [6.07, 6.45) is 0.599. The fraction of sp³-hybridized carbons (Fsp3) is 0.500. The van der Waals surface area contributed by atoms with Crippen LogP contribution in [0.2, 0.25) is 0 Å². The van der Waals surface area contributed by atoms with E-state index in [0.717, 1.165) is 0 Å². The van der Waals surface area contributed by atoms with Crippen molar-refractivity contribution in [2.75, 3.05) is 0 Å². The first kappa shape index (κ1) is 12.2. The molecule has 6 heteroatoms. The van der Waals surface area contributed by atoms with Gasteiger partial charge in [0.25, 0.3) is 0 Å². The summed E-state index contributed by atoms with van der Waals surface area (Å²) >= 11 is 0. The quantitative estimate of drug-likeness (QED) is 0.614. The molecule has 0 spiro atoms. The van der Waals surface area contributed by atoms with E-state index in [0.29, 0.717) is 18.4 Å². The number of hydrogen-bond donors (Lipinski definition) is 3. The Bertz CT molecular complexity index is 378. The van der Waals surface area contributed by atoms with Gasteiger partial charge in [-0.1, -0.05) is 5.57 Å².